The van der Waals surface area contributed by atoms with E-state index in [0.717, 1.165) is 43.8 Å². The molecule has 2 rings (SSSR count). The Morgan fingerprint density at radius 2 is 1.77 bits per heavy atom. The molecule has 0 spiro atoms. The van der Waals surface area contributed by atoms with E-state index in [-0.39, 0.29) is 5.91 Å². The number of rotatable bonds is 9. The molecule has 1 aliphatic rings. The molecular weight excluding hydrogens is 382 g/mol. The Morgan fingerprint density at radius 3 is 2.37 bits per heavy atom. The van der Waals surface area contributed by atoms with Crippen LogP contribution < -0.4 is 21.3 Å². The highest BCUT2D eigenvalue weighted by Gasteiger charge is 2.22. The zero-order valence-electron chi connectivity index (χ0n) is 18.5. The lowest BCUT2D eigenvalue weighted by atomic mass is 10.1. The summed E-state index contributed by atoms with van der Waals surface area (Å²) < 4.78 is 5.25. The van der Waals surface area contributed by atoms with Gasteiger partial charge < -0.3 is 20.7 Å². The second kappa shape index (κ2) is 11.4. The zero-order chi connectivity index (χ0) is 22.0. The topological polar surface area (TPSA) is 104 Å². The highest BCUT2D eigenvalue weighted by molar-refractivity contribution is 5.84. The predicted octanol–water partition coefficient (Wildman–Crippen LogP) is 2.80. The Balaban J connectivity index is 1.61. The normalized spacial score (nSPS) is 14.1. The molecule has 1 aromatic carbocycles. The van der Waals surface area contributed by atoms with Crippen LogP contribution in [0.5, 0.6) is 0 Å². The number of ether oxygens (including phenoxy) is 1. The van der Waals surface area contributed by atoms with Crippen molar-refractivity contribution in [3.63, 3.8) is 0 Å². The molecule has 0 unspecified atom stereocenters. The minimum absolute atomic E-state index is 0.131. The molecule has 0 radical (unpaired) electrons. The standard InChI is InChI=1S/C22H35N5O3/c1-22(2,3)30-21(29)27-18-9-7-16(8-10-18)13-15-25-20(23-4)24-14-5-6-19(28)26-17-11-12-17/h7-10,17H,5-6,11-15H2,1-4H3,(H,26,28)(H,27,29)(H2,23,24,25). The fourth-order valence-electron chi connectivity index (χ4n) is 2.71. The maximum atomic E-state index is 11.8. The minimum Gasteiger partial charge on any atom is -0.444 e. The van der Waals surface area contributed by atoms with Crippen molar-refractivity contribution >= 4 is 23.6 Å². The fraction of sp³-hybridized carbons (Fsp3) is 0.591. The van der Waals surface area contributed by atoms with E-state index in [1.807, 2.05) is 45.0 Å². The molecule has 0 bridgehead atoms. The third-order valence-corrected chi connectivity index (χ3v) is 4.34. The van der Waals surface area contributed by atoms with Crippen molar-refractivity contribution in [2.45, 2.75) is 64.5 Å². The molecule has 166 valence electrons. The van der Waals surface area contributed by atoms with E-state index in [0.29, 0.717) is 24.7 Å². The molecule has 2 amide bonds. The number of aliphatic imine (C=N–C) groups is 1. The average molecular weight is 418 g/mol. The molecule has 1 aromatic rings. The zero-order valence-corrected chi connectivity index (χ0v) is 18.5. The SMILES string of the molecule is CN=C(NCCCC(=O)NC1CC1)NCCc1ccc(NC(=O)OC(C)(C)C)cc1. The summed E-state index contributed by atoms with van der Waals surface area (Å²) in [5.74, 6) is 0.854. The number of nitrogens with zero attached hydrogens (tertiary/aromatic N) is 1. The monoisotopic (exact) mass is 417 g/mol. The molecule has 8 heteroatoms. The summed E-state index contributed by atoms with van der Waals surface area (Å²) in [6.07, 6.45) is 3.89. The molecule has 1 aliphatic carbocycles. The Hall–Kier alpha value is -2.77. The number of hydrogen-bond acceptors (Lipinski definition) is 4. The second-order valence-electron chi connectivity index (χ2n) is 8.44. The summed E-state index contributed by atoms with van der Waals surface area (Å²) >= 11 is 0. The van der Waals surface area contributed by atoms with Crippen molar-refractivity contribution in [3.8, 4) is 0 Å². The van der Waals surface area contributed by atoms with E-state index < -0.39 is 11.7 Å². The molecule has 1 fully saturated rings. The van der Waals surface area contributed by atoms with Gasteiger partial charge in [0.05, 0.1) is 0 Å². The summed E-state index contributed by atoms with van der Waals surface area (Å²) in [7, 11) is 1.73. The molecule has 0 aromatic heterocycles. The lowest BCUT2D eigenvalue weighted by Crippen LogP contribution is -2.39. The summed E-state index contributed by atoms with van der Waals surface area (Å²) in [5, 5.41) is 12.2. The molecular formula is C22H35N5O3. The Morgan fingerprint density at radius 1 is 1.10 bits per heavy atom. The average Bonchev–Trinajstić information content (AvgIpc) is 3.47. The van der Waals surface area contributed by atoms with E-state index in [2.05, 4.69) is 26.3 Å². The van der Waals surface area contributed by atoms with Gasteiger partial charge >= 0.3 is 6.09 Å². The van der Waals surface area contributed by atoms with Crippen LogP contribution in [0, 0.1) is 0 Å². The number of anilines is 1. The summed E-state index contributed by atoms with van der Waals surface area (Å²) in [6.45, 7) is 6.91. The molecule has 4 N–H and O–H groups in total. The first kappa shape index (κ1) is 23.5. The molecule has 0 atom stereocenters. The fourth-order valence-corrected chi connectivity index (χ4v) is 2.71. The lowest BCUT2D eigenvalue weighted by molar-refractivity contribution is -0.121. The van der Waals surface area contributed by atoms with Gasteiger partial charge in [-0.2, -0.15) is 0 Å². The molecule has 0 saturated heterocycles. The first-order valence-corrected chi connectivity index (χ1v) is 10.6. The van der Waals surface area contributed by atoms with Crippen molar-refractivity contribution in [2.24, 2.45) is 4.99 Å². The summed E-state index contributed by atoms with van der Waals surface area (Å²) in [5.41, 5.74) is 1.32. The number of carbonyl (C=O) groups excluding carboxylic acids is 2. The Kier molecular flexibility index (Phi) is 8.95. The number of guanidine groups is 1. The van der Waals surface area contributed by atoms with Crippen LogP contribution in [-0.2, 0) is 16.0 Å². The Bertz CT molecular complexity index is 721. The van der Waals surface area contributed by atoms with Crippen LogP contribution in [-0.4, -0.2) is 49.7 Å². The van der Waals surface area contributed by atoms with E-state index in [1.165, 1.54) is 0 Å². The summed E-state index contributed by atoms with van der Waals surface area (Å²) in [4.78, 5) is 27.7. The van der Waals surface area contributed by atoms with Gasteiger partial charge in [0.2, 0.25) is 5.91 Å². The van der Waals surface area contributed by atoms with Crippen molar-refractivity contribution < 1.29 is 14.3 Å². The van der Waals surface area contributed by atoms with Crippen molar-refractivity contribution in [1.29, 1.82) is 0 Å². The van der Waals surface area contributed by atoms with Crippen molar-refractivity contribution in [3.05, 3.63) is 29.8 Å². The number of nitrogens with one attached hydrogen (secondary N) is 4. The van der Waals surface area contributed by atoms with E-state index >= 15 is 0 Å². The number of hydrogen-bond donors (Lipinski definition) is 4. The maximum absolute atomic E-state index is 11.8. The second-order valence-corrected chi connectivity index (χ2v) is 8.44. The number of amides is 2. The van der Waals surface area contributed by atoms with Gasteiger partial charge in [-0.3, -0.25) is 15.1 Å². The van der Waals surface area contributed by atoms with Gasteiger partial charge in [0.15, 0.2) is 5.96 Å². The van der Waals surface area contributed by atoms with Gasteiger partial charge in [0.25, 0.3) is 0 Å². The van der Waals surface area contributed by atoms with Gasteiger partial charge in [0.1, 0.15) is 5.60 Å². The van der Waals surface area contributed by atoms with Crippen LogP contribution >= 0.6 is 0 Å². The van der Waals surface area contributed by atoms with Gasteiger partial charge in [-0.1, -0.05) is 12.1 Å². The minimum atomic E-state index is -0.523. The van der Waals surface area contributed by atoms with Gasteiger partial charge in [0, 0.05) is 38.3 Å². The van der Waals surface area contributed by atoms with Crippen LogP contribution in [0.15, 0.2) is 29.3 Å². The van der Waals surface area contributed by atoms with Crippen molar-refractivity contribution in [1.82, 2.24) is 16.0 Å². The molecule has 0 heterocycles. The first-order valence-electron chi connectivity index (χ1n) is 10.6. The maximum Gasteiger partial charge on any atom is 0.412 e. The third kappa shape index (κ3) is 10.1. The highest BCUT2D eigenvalue weighted by atomic mass is 16.6. The van der Waals surface area contributed by atoms with Crippen LogP contribution in [0.1, 0.15) is 52.0 Å². The smallest absolute Gasteiger partial charge is 0.412 e. The number of carbonyl (C=O) groups is 2. The van der Waals surface area contributed by atoms with Gasteiger partial charge in [-0.15, -0.1) is 0 Å². The Labute approximate surface area is 179 Å². The van der Waals surface area contributed by atoms with Crippen molar-refractivity contribution in [2.75, 3.05) is 25.5 Å². The lowest BCUT2D eigenvalue weighted by Gasteiger charge is -2.19. The molecule has 0 aliphatic heterocycles. The van der Waals surface area contributed by atoms with Crippen LogP contribution in [0.25, 0.3) is 0 Å². The highest BCUT2D eigenvalue weighted by Crippen LogP contribution is 2.18. The molecule has 30 heavy (non-hydrogen) atoms. The molecule has 1 saturated carbocycles. The largest absolute Gasteiger partial charge is 0.444 e. The van der Waals surface area contributed by atoms with Gasteiger partial charge in [-0.25, -0.2) is 4.79 Å². The summed E-state index contributed by atoms with van der Waals surface area (Å²) in [6, 6.07) is 8.09. The van der Waals surface area contributed by atoms with Crippen LogP contribution in [0.4, 0.5) is 10.5 Å². The van der Waals surface area contributed by atoms with Crippen LogP contribution in [0.2, 0.25) is 0 Å². The van der Waals surface area contributed by atoms with E-state index in [4.69, 9.17) is 4.74 Å². The van der Waals surface area contributed by atoms with Gasteiger partial charge in [-0.05, 0) is 64.2 Å². The quantitative estimate of drug-likeness (QED) is 0.281. The predicted molar refractivity (Wildman–Crippen MR) is 120 cm³/mol. The van der Waals surface area contributed by atoms with E-state index in [1.54, 1.807) is 7.05 Å². The van der Waals surface area contributed by atoms with Crippen LogP contribution in [0.3, 0.4) is 0 Å². The molecule has 8 nitrogen and oxygen atoms in total. The van der Waals surface area contributed by atoms with E-state index in [9.17, 15) is 9.59 Å². The first-order chi connectivity index (χ1) is 14.2. The third-order valence-electron chi connectivity index (χ3n) is 4.34. The number of benzene rings is 1.